The largest absolute Gasteiger partial charge is 0.385 e. The zero-order valence-corrected chi connectivity index (χ0v) is 14.9. The van der Waals surface area contributed by atoms with E-state index in [-0.39, 0.29) is 11.9 Å². The Morgan fingerprint density at radius 3 is 2.50 bits per heavy atom. The minimum Gasteiger partial charge on any atom is -0.385 e. The number of carbonyl (C=O) groups is 2. The maximum absolute atomic E-state index is 12.3. The number of halogens is 1. The summed E-state index contributed by atoms with van der Waals surface area (Å²) in [6.07, 6.45) is 1.21. The van der Waals surface area contributed by atoms with Gasteiger partial charge in [0, 0.05) is 57.0 Å². The van der Waals surface area contributed by atoms with E-state index < -0.39 is 0 Å². The number of methoxy groups -OCH3 is 1. The van der Waals surface area contributed by atoms with Gasteiger partial charge in [0.1, 0.15) is 0 Å². The van der Waals surface area contributed by atoms with E-state index in [4.69, 9.17) is 16.3 Å². The SMILES string of the molecule is COCCCC(=O)N1CCN(C(=O)Nc2ccc(C)c(Cl)c2)CC1. The van der Waals surface area contributed by atoms with Gasteiger partial charge < -0.3 is 19.9 Å². The van der Waals surface area contributed by atoms with E-state index in [2.05, 4.69) is 5.32 Å². The molecule has 0 spiro atoms. The number of hydrogen-bond donors (Lipinski definition) is 1. The van der Waals surface area contributed by atoms with Gasteiger partial charge in [0.2, 0.25) is 5.91 Å². The molecule has 1 fully saturated rings. The Kier molecular flexibility index (Phi) is 6.87. The second-order valence-electron chi connectivity index (χ2n) is 5.86. The molecule has 6 nitrogen and oxygen atoms in total. The maximum Gasteiger partial charge on any atom is 0.321 e. The molecule has 1 N–H and O–H groups in total. The minimum absolute atomic E-state index is 0.123. The van der Waals surface area contributed by atoms with E-state index in [1.54, 1.807) is 18.1 Å². The lowest BCUT2D eigenvalue weighted by atomic mass is 10.2. The lowest BCUT2D eigenvalue weighted by Gasteiger charge is -2.34. The van der Waals surface area contributed by atoms with Gasteiger partial charge in [0.05, 0.1) is 0 Å². The van der Waals surface area contributed by atoms with Crippen LogP contribution in [0.2, 0.25) is 5.02 Å². The zero-order chi connectivity index (χ0) is 17.5. The standard InChI is InChI=1S/C17H24ClN3O3/c1-13-5-6-14(12-15(13)18)19-17(23)21-9-7-20(8-10-21)16(22)4-3-11-24-2/h5-6,12H,3-4,7-11H2,1-2H3,(H,19,23). The number of nitrogens with one attached hydrogen (secondary N) is 1. The Bertz CT molecular complexity index is 586. The first-order valence-corrected chi connectivity index (χ1v) is 8.48. The van der Waals surface area contributed by atoms with Gasteiger partial charge in [-0.1, -0.05) is 17.7 Å². The molecule has 0 aliphatic carbocycles. The zero-order valence-electron chi connectivity index (χ0n) is 14.2. The molecule has 1 heterocycles. The van der Waals surface area contributed by atoms with Crippen LogP contribution in [0.4, 0.5) is 10.5 Å². The number of carbonyl (C=O) groups excluding carboxylic acids is 2. The van der Waals surface area contributed by atoms with Crippen molar-refractivity contribution < 1.29 is 14.3 Å². The molecule has 0 radical (unpaired) electrons. The van der Waals surface area contributed by atoms with Crippen molar-refractivity contribution in [2.75, 3.05) is 45.2 Å². The molecule has 24 heavy (non-hydrogen) atoms. The summed E-state index contributed by atoms with van der Waals surface area (Å²) in [6, 6.07) is 5.27. The van der Waals surface area contributed by atoms with Gasteiger partial charge in [0.25, 0.3) is 0 Å². The van der Waals surface area contributed by atoms with E-state index in [9.17, 15) is 9.59 Å². The molecule has 3 amide bonds. The number of hydrogen-bond acceptors (Lipinski definition) is 3. The third kappa shape index (κ3) is 5.11. The first kappa shape index (κ1) is 18.5. The van der Waals surface area contributed by atoms with Crippen molar-refractivity contribution in [2.24, 2.45) is 0 Å². The summed E-state index contributed by atoms with van der Waals surface area (Å²) in [7, 11) is 1.63. The summed E-state index contributed by atoms with van der Waals surface area (Å²) in [5.74, 6) is 0.123. The average molecular weight is 354 g/mol. The smallest absolute Gasteiger partial charge is 0.321 e. The number of ether oxygens (including phenoxy) is 1. The van der Waals surface area contributed by atoms with E-state index in [0.717, 1.165) is 12.0 Å². The van der Waals surface area contributed by atoms with E-state index >= 15 is 0 Å². The Morgan fingerprint density at radius 2 is 1.88 bits per heavy atom. The molecule has 0 aromatic heterocycles. The molecule has 1 aliphatic rings. The van der Waals surface area contributed by atoms with E-state index in [1.807, 2.05) is 24.0 Å². The quantitative estimate of drug-likeness (QED) is 0.828. The van der Waals surface area contributed by atoms with Crippen LogP contribution in [0.25, 0.3) is 0 Å². The number of benzene rings is 1. The average Bonchev–Trinajstić information content (AvgIpc) is 2.58. The Labute approximate surface area is 147 Å². The third-order valence-corrected chi connectivity index (χ3v) is 4.49. The van der Waals surface area contributed by atoms with Crippen molar-refractivity contribution in [1.29, 1.82) is 0 Å². The van der Waals surface area contributed by atoms with E-state index in [1.165, 1.54) is 0 Å². The second-order valence-corrected chi connectivity index (χ2v) is 6.27. The molecule has 1 aromatic carbocycles. The fourth-order valence-corrected chi connectivity index (χ4v) is 2.74. The van der Waals surface area contributed by atoms with Crippen LogP contribution in [0.15, 0.2) is 18.2 Å². The number of nitrogens with zero attached hydrogens (tertiary/aromatic N) is 2. The van der Waals surface area contributed by atoms with Gasteiger partial charge >= 0.3 is 6.03 Å². The minimum atomic E-state index is -0.165. The van der Waals surface area contributed by atoms with E-state index in [0.29, 0.717) is 49.9 Å². The Balaban J connectivity index is 1.79. The van der Waals surface area contributed by atoms with Crippen LogP contribution in [0, 0.1) is 6.92 Å². The number of anilines is 1. The summed E-state index contributed by atoms with van der Waals surface area (Å²) >= 11 is 6.07. The summed E-state index contributed by atoms with van der Waals surface area (Å²) in [5, 5.41) is 3.47. The fraction of sp³-hybridized carbons (Fsp3) is 0.529. The van der Waals surface area contributed by atoms with Crippen LogP contribution >= 0.6 is 11.6 Å². The van der Waals surface area contributed by atoms with Gasteiger partial charge in [-0.05, 0) is 31.0 Å². The van der Waals surface area contributed by atoms with Crippen molar-refractivity contribution in [3.05, 3.63) is 28.8 Å². The molecule has 0 atom stereocenters. The molecular weight excluding hydrogens is 330 g/mol. The number of aryl methyl sites for hydroxylation is 1. The normalized spacial score (nSPS) is 14.6. The van der Waals surface area contributed by atoms with Crippen LogP contribution in [0.5, 0.6) is 0 Å². The van der Waals surface area contributed by atoms with Crippen LogP contribution < -0.4 is 5.32 Å². The molecule has 1 aromatic rings. The van der Waals surface area contributed by atoms with Crippen molar-refractivity contribution in [2.45, 2.75) is 19.8 Å². The van der Waals surface area contributed by atoms with Crippen LogP contribution in [0.1, 0.15) is 18.4 Å². The molecule has 0 unspecified atom stereocenters. The lowest BCUT2D eigenvalue weighted by Crippen LogP contribution is -2.51. The van der Waals surface area contributed by atoms with Gasteiger partial charge in [-0.3, -0.25) is 4.79 Å². The molecule has 1 aliphatic heterocycles. The summed E-state index contributed by atoms with van der Waals surface area (Å²) < 4.78 is 4.96. The van der Waals surface area contributed by atoms with Crippen LogP contribution in [0.3, 0.4) is 0 Å². The molecule has 7 heteroatoms. The highest BCUT2D eigenvalue weighted by Gasteiger charge is 2.23. The number of amides is 3. The Hall–Kier alpha value is -1.79. The monoisotopic (exact) mass is 353 g/mol. The molecule has 2 rings (SSSR count). The Morgan fingerprint density at radius 1 is 1.21 bits per heavy atom. The first-order chi connectivity index (χ1) is 11.5. The molecule has 1 saturated heterocycles. The fourth-order valence-electron chi connectivity index (χ4n) is 2.56. The summed E-state index contributed by atoms with van der Waals surface area (Å²) in [5.41, 5.74) is 1.64. The highest BCUT2D eigenvalue weighted by Crippen LogP contribution is 2.20. The number of rotatable bonds is 5. The van der Waals surface area contributed by atoms with Gasteiger partial charge in [0.15, 0.2) is 0 Å². The predicted molar refractivity (Wildman–Crippen MR) is 94.5 cm³/mol. The maximum atomic E-state index is 12.3. The molecule has 132 valence electrons. The topological polar surface area (TPSA) is 61.9 Å². The van der Waals surface area contributed by atoms with Gasteiger partial charge in [-0.15, -0.1) is 0 Å². The highest BCUT2D eigenvalue weighted by atomic mass is 35.5. The van der Waals surface area contributed by atoms with Crippen molar-refractivity contribution in [3.8, 4) is 0 Å². The third-order valence-electron chi connectivity index (χ3n) is 4.08. The lowest BCUT2D eigenvalue weighted by molar-refractivity contribution is -0.132. The van der Waals surface area contributed by atoms with Crippen LogP contribution in [-0.4, -0.2) is 61.6 Å². The van der Waals surface area contributed by atoms with Crippen molar-refractivity contribution in [3.63, 3.8) is 0 Å². The van der Waals surface area contributed by atoms with Gasteiger partial charge in [-0.2, -0.15) is 0 Å². The van der Waals surface area contributed by atoms with Crippen molar-refractivity contribution >= 4 is 29.2 Å². The van der Waals surface area contributed by atoms with Crippen LogP contribution in [-0.2, 0) is 9.53 Å². The second kappa shape index (κ2) is 8.89. The van der Waals surface area contributed by atoms with Gasteiger partial charge in [-0.25, -0.2) is 4.79 Å². The summed E-state index contributed by atoms with van der Waals surface area (Å²) in [6.45, 7) is 4.69. The summed E-state index contributed by atoms with van der Waals surface area (Å²) in [4.78, 5) is 27.9. The van der Waals surface area contributed by atoms with Crippen molar-refractivity contribution in [1.82, 2.24) is 9.80 Å². The molecule has 0 saturated carbocycles. The molecular formula is C17H24ClN3O3. The first-order valence-electron chi connectivity index (χ1n) is 8.10. The highest BCUT2D eigenvalue weighted by molar-refractivity contribution is 6.31. The predicted octanol–water partition coefficient (Wildman–Crippen LogP) is 2.75. The molecule has 0 bridgehead atoms. The number of urea groups is 1. The number of piperazine rings is 1.